The zero-order valence-electron chi connectivity index (χ0n) is 19.7. The van der Waals surface area contributed by atoms with E-state index in [1.165, 1.54) is 22.7 Å². The number of urea groups is 1. The Hall–Kier alpha value is -3.39. The van der Waals surface area contributed by atoms with Crippen LogP contribution in [0.1, 0.15) is 29.1 Å². The summed E-state index contributed by atoms with van der Waals surface area (Å²) in [6.07, 6.45) is 1.38. The fourth-order valence-electron chi connectivity index (χ4n) is 3.83. The van der Waals surface area contributed by atoms with E-state index in [0.717, 1.165) is 6.07 Å². The van der Waals surface area contributed by atoms with Crippen LogP contribution in [0, 0.1) is 0 Å². The minimum Gasteiger partial charge on any atom is -0.467 e. The Labute approximate surface area is 217 Å². The van der Waals surface area contributed by atoms with Crippen LogP contribution in [0.4, 0.5) is 4.79 Å². The summed E-state index contributed by atoms with van der Waals surface area (Å²) in [5.74, 6) is -1.36. The number of furan rings is 1. The number of hydrogen-bond acceptors (Lipinski definition) is 9. The number of sulfonamides is 1. The van der Waals surface area contributed by atoms with Crippen molar-refractivity contribution < 1.29 is 41.4 Å². The van der Waals surface area contributed by atoms with Gasteiger partial charge in [0.05, 0.1) is 47.9 Å². The van der Waals surface area contributed by atoms with Crippen LogP contribution in [0.25, 0.3) is 0 Å². The summed E-state index contributed by atoms with van der Waals surface area (Å²) < 4.78 is 48.4. The molecule has 0 saturated carbocycles. The highest BCUT2D eigenvalue weighted by Gasteiger charge is 2.36. The number of halogens is 1. The highest BCUT2D eigenvalue weighted by molar-refractivity contribution is 7.89. The van der Waals surface area contributed by atoms with Crippen molar-refractivity contribution in [3.63, 3.8) is 0 Å². The molecule has 3 heterocycles. The molecule has 1 atom stereocenters. The van der Waals surface area contributed by atoms with Crippen molar-refractivity contribution in [2.45, 2.75) is 17.9 Å². The minimum atomic E-state index is -3.98. The lowest BCUT2D eigenvalue weighted by Gasteiger charge is -2.27. The summed E-state index contributed by atoms with van der Waals surface area (Å²) in [5.41, 5.74) is -0.0969. The molecule has 2 aliphatic rings. The minimum absolute atomic E-state index is 0.00381. The van der Waals surface area contributed by atoms with Crippen molar-refractivity contribution in [2.24, 2.45) is 0 Å². The quantitative estimate of drug-likeness (QED) is 0.467. The summed E-state index contributed by atoms with van der Waals surface area (Å²) in [7, 11) is -3.98. The Morgan fingerprint density at radius 2 is 1.92 bits per heavy atom. The summed E-state index contributed by atoms with van der Waals surface area (Å²) >= 11 is 6.16. The maximum Gasteiger partial charge on any atom is 0.338 e. The predicted molar refractivity (Wildman–Crippen MR) is 128 cm³/mol. The second-order valence-corrected chi connectivity index (χ2v) is 10.2. The van der Waals surface area contributed by atoms with Gasteiger partial charge in [0.25, 0.3) is 0 Å². The normalized spacial score (nSPS) is 18.6. The van der Waals surface area contributed by atoms with E-state index in [-0.39, 0.29) is 65.4 Å². The van der Waals surface area contributed by atoms with Crippen molar-refractivity contribution >= 4 is 39.6 Å². The maximum atomic E-state index is 13.1. The molecule has 2 amide bonds. The van der Waals surface area contributed by atoms with Gasteiger partial charge >= 0.3 is 18.0 Å². The zero-order chi connectivity index (χ0) is 26.6. The number of esters is 2. The van der Waals surface area contributed by atoms with Crippen molar-refractivity contribution in [3.05, 3.63) is 64.2 Å². The third-order valence-corrected chi connectivity index (χ3v) is 7.96. The smallest absolute Gasteiger partial charge is 0.338 e. The molecule has 4 rings (SSSR count). The molecule has 0 aliphatic carbocycles. The van der Waals surface area contributed by atoms with Crippen LogP contribution < -0.4 is 10.6 Å². The summed E-state index contributed by atoms with van der Waals surface area (Å²) in [6, 6.07) is 5.27. The van der Waals surface area contributed by atoms with E-state index in [4.69, 9.17) is 30.2 Å². The van der Waals surface area contributed by atoms with Gasteiger partial charge in [-0.05, 0) is 37.3 Å². The number of rotatable bonds is 8. The molecular weight excluding hydrogens is 530 g/mol. The summed E-state index contributed by atoms with van der Waals surface area (Å²) in [4.78, 5) is 37.6. The molecule has 0 bridgehead atoms. The SMILES string of the molecule is CCOC(=O)C1=C(COC(=O)c2ccc(Cl)c(S(=O)(=O)N3CCOCC3)c2)NC(=O)N[C@@H]1c1ccco1. The second-order valence-electron chi connectivity index (χ2n) is 7.90. The lowest BCUT2D eigenvalue weighted by molar-refractivity contribution is -0.139. The molecule has 1 aromatic heterocycles. The lowest BCUT2D eigenvalue weighted by atomic mass is 10.0. The van der Waals surface area contributed by atoms with Crippen molar-refractivity contribution in [1.82, 2.24) is 14.9 Å². The number of morpholine rings is 1. The first-order valence-electron chi connectivity index (χ1n) is 11.3. The fraction of sp³-hybridized carbons (Fsp3) is 0.348. The maximum absolute atomic E-state index is 13.1. The van der Waals surface area contributed by atoms with E-state index in [9.17, 15) is 22.8 Å². The van der Waals surface area contributed by atoms with Crippen molar-refractivity contribution in [1.29, 1.82) is 0 Å². The number of carbonyl (C=O) groups excluding carboxylic acids is 3. The molecule has 1 saturated heterocycles. The highest BCUT2D eigenvalue weighted by Crippen LogP contribution is 2.29. The Balaban J connectivity index is 1.59. The molecule has 198 valence electrons. The van der Waals surface area contributed by atoms with E-state index in [1.54, 1.807) is 19.1 Å². The molecule has 37 heavy (non-hydrogen) atoms. The number of nitrogens with zero attached hydrogens (tertiary/aromatic N) is 1. The van der Waals surface area contributed by atoms with Gasteiger partial charge in [-0.15, -0.1) is 0 Å². The van der Waals surface area contributed by atoms with Crippen molar-refractivity contribution in [3.8, 4) is 0 Å². The topological polar surface area (TPSA) is 153 Å². The zero-order valence-corrected chi connectivity index (χ0v) is 21.3. The lowest BCUT2D eigenvalue weighted by Crippen LogP contribution is -2.47. The molecule has 0 unspecified atom stereocenters. The number of benzene rings is 1. The second kappa shape index (κ2) is 11.3. The van der Waals surface area contributed by atoms with Gasteiger partial charge in [-0.2, -0.15) is 4.31 Å². The van der Waals surface area contributed by atoms with Crippen LogP contribution in [0.2, 0.25) is 5.02 Å². The highest BCUT2D eigenvalue weighted by atomic mass is 35.5. The molecule has 2 N–H and O–H groups in total. The average molecular weight is 554 g/mol. The Morgan fingerprint density at radius 1 is 1.16 bits per heavy atom. The molecular formula is C23H24ClN3O9S. The van der Waals surface area contributed by atoms with Crippen LogP contribution in [-0.2, 0) is 29.0 Å². The molecule has 14 heteroatoms. The summed E-state index contributed by atoms with van der Waals surface area (Å²) in [6.45, 7) is 1.99. The number of nitrogens with one attached hydrogen (secondary N) is 2. The standard InChI is InChI=1S/C23H24ClN3O9S/c1-2-34-22(29)19-16(25-23(30)26-20(19)17-4-3-9-35-17)13-36-21(28)14-5-6-15(24)18(12-14)37(31,32)27-7-10-33-11-8-27/h3-6,9,12,20H,2,7-8,10-11,13H2,1H3,(H2,25,26,30)/t20-/m1/s1. The molecule has 1 aromatic carbocycles. The van der Waals surface area contributed by atoms with E-state index >= 15 is 0 Å². The van der Waals surface area contributed by atoms with Crippen LogP contribution in [0.3, 0.4) is 0 Å². The Bertz CT molecular complexity index is 1320. The predicted octanol–water partition coefficient (Wildman–Crippen LogP) is 1.98. The Kier molecular flexibility index (Phi) is 8.17. The monoisotopic (exact) mass is 553 g/mol. The van der Waals surface area contributed by atoms with Gasteiger partial charge in [0, 0.05) is 13.1 Å². The molecule has 1 fully saturated rings. The van der Waals surface area contributed by atoms with Crippen LogP contribution in [-0.4, -0.2) is 70.2 Å². The molecule has 2 aliphatic heterocycles. The molecule has 12 nitrogen and oxygen atoms in total. The number of carbonyl (C=O) groups is 3. The number of ether oxygens (including phenoxy) is 3. The van der Waals surface area contributed by atoms with Gasteiger partial charge in [0.2, 0.25) is 10.0 Å². The third-order valence-electron chi connectivity index (χ3n) is 5.58. The van der Waals surface area contributed by atoms with Gasteiger partial charge in [-0.1, -0.05) is 11.6 Å². The van der Waals surface area contributed by atoms with E-state index in [2.05, 4.69) is 10.6 Å². The third kappa shape index (κ3) is 5.80. The van der Waals surface area contributed by atoms with Crippen molar-refractivity contribution in [2.75, 3.05) is 39.5 Å². The molecule has 0 spiro atoms. The summed E-state index contributed by atoms with van der Waals surface area (Å²) in [5, 5.41) is 4.99. The largest absolute Gasteiger partial charge is 0.467 e. The first-order valence-corrected chi connectivity index (χ1v) is 13.1. The van der Waals surface area contributed by atoms with E-state index < -0.39 is 40.6 Å². The molecule has 0 radical (unpaired) electrons. The Morgan fingerprint density at radius 3 is 2.59 bits per heavy atom. The van der Waals surface area contributed by atoms with Crippen LogP contribution >= 0.6 is 11.6 Å². The number of amides is 2. The van der Waals surface area contributed by atoms with E-state index in [1.807, 2.05) is 0 Å². The van der Waals surface area contributed by atoms with Crippen LogP contribution in [0.15, 0.2) is 57.2 Å². The van der Waals surface area contributed by atoms with Gasteiger partial charge in [0.15, 0.2) is 0 Å². The van der Waals surface area contributed by atoms with Gasteiger partial charge in [-0.3, -0.25) is 0 Å². The van der Waals surface area contributed by atoms with E-state index in [0.29, 0.717) is 0 Å². The average Bonchev–Trinajstić information content (AvgIpc) is 3.43. The van der Waals surface area contributed by atoms with Crippen LogP contribution in [0.5, 0.6) is 0 Å². The first-order chi connectivity index (χ1) is 17.7. The molecule has 2 aromatic rings. The first kappa shape index (κ1) is 26.7. The van der Waals surface area contributed by atoms with Gasteiger partial charge in [0.1, 0.15) is 23.3 Å². The van der Waals surface area contributed by atoms with Gasteiger partial charge in [-0.25, -0.2) is 22.8 Å². The van der Waals surface area contributed by atoms with Gasteiger partial charge < -0.3 is 29.3 Å². The fourth-order valence-corrected chi connectivity index (χ4v) is 5.73. The number of hydrogen-bond donors (Lipinski definition) is 2.